The molecule has 0 aromatic heterocycles. The Hall–Kier alpha value is -2.88. The van der Waals surface area contributed by atoms with E-state index in [9.17, 15) is 0 Å². The standard InChI is InChI=1S/C31H42BN3/c1-21(2)25-13-11-14-26(22(3)4)30(25)34-19-20-35(32(34)29-17-9-10-18-33-29)31-27(23(5)6)15-12-16-28(31)24(7)8/h9-24,29,33H,1-8H3/t29-/m0/s1. The van der Waals surface area contributed by atoms with Gasteiger partial charge in [-0.1, -0.05) is 104 Å². The number of nitrogens with one attached hydrogen (secondary N) is 1. The Labute approximate surface area is 213 Å². The quantitative estimate of drug-likeness (QED) is 0.416. The first-order valence-electron chi connectivity index (χ1n) is 13.3. The van der Waals surface area contributed by atoms with E-state index < -0.39 is 0 Å². The molecule has 2 aromatic carbocycles. The van der Waals surface area contributed by atoms with Crippen molar-refractivity contribution in [1.82, 2.24) is 5.32 Å². The lowest BCUT2D eigenvalue weighted by atomic mass is 9.62. The van der Waals surface area contributed by atoms with Gasteiger partial charge in [0.1, 0.15) is 0 Å². The van der Waals surface area contributed by atoms with Crippen LogP contribution >= 0.6 is 0 Å². The number of dihydropyridines is 1. The topological polar surface area (TPSA) is 18.5 Å². The average Bonchev–Trinajstić information content (AvgIpc) is 3.27. The molecule has 0 bridgehead atoms. The fourth-order valence-electron chi connectivity index (χ4n) is 5.48. The Kier molecular flexibility index (Phi) is 7.49. The first-order valence-corrected chi connectivity index (χ1v) is 13.3. The smallest absolute Gasteiger partial charge is 0.387 e. The minimum atomic E-state index is 0.0889. The largest absolute Gasteiger partial charge is 0.411 e. The molecule has 0 amide bonds. The zero-order chi connectivity index (χ0) is 25.3. The summed E-state index contributed by atoms with van der Waals surface area (Å²) in [4.78, 5) is 5.07. The third kappa shape index (κ3) is 4.81. The Morgan fingerprint density at radius 2 is 1.03 bits per heavy atom. The highest BCUT2D eigenvalue weighted by molar-refractivity contribution is 6.71. The van der Waals surface area contributed by atoms with Crippen LogP contribution in [-0.4, -0.2) is 12.9 Å². The maximum Gasteiger partial charge on any atom is 0.411 e. The van der Waals surface area contributed by atoms with Crippen LogP contribution in [0.3, 0.4) is 0 Å². The van der Waals surface area contributed by atoms with Gasteiger partial charge >= 0.3 is 6.98 Å². The molecular weight excluding hydrogens is 425 g/mol. The minimum Gasteiger partial charge on any atom is -0.387 e. The Balaban J connectivity index is 1.94. The second-order valence-electron chi connectivity index (χ2n) is 11.2. The van der Waals surface area contributed by atoms with Gasteiger partial charge in [-0.3, -0.25) is 0 Å². The van der Waals surface area contributed by atoms with Gasteiger partial charge in [-0.25, -0.2) is 0 Å². The van der Waals surface area contributed by atoms with Gasteiger partial charge in [0.2, 0.25) is 0 Å². The monoisotopic (exact) mass is 467 g/mol. The summed E-state index contributed by atoms with van der Waals surface area (Å²) >= 11 is 0. The van der Waals surface area contributed by atoms with Crippen LogP contribution in [0.1, 0.15) is 101 Å². The highest BCUT2D eigenvalue weighted by Crippen LogP contribution is 2.43. The molecule has 4 heteroatoms. The van der Waals surface area contributed by atoms with Crippen LogP contribution < -0.4 is 14.9 Å². The number of rotatable bonds is 7. The third-order valence-electron chi connectivity index (χ3n) is 7.29. The highest BCUT2D eigenvalue weighted by Gasteiger charge is 2.43. The average molecular weight is 468 g/mol. The molecule has 0 spiro atoms. The molecule has 0 aliphatic carbocycles. The molecule has 2 heterocycles. The molecule has 2 aliphatic heterocycles. The summed E-state index contributed by atoms with van der Waals surface area (Å²) in [6.07, 6.45) is 13.3. The molecule has 4 rings (SSSR count). The van der Waals surface area contributed by atoms with Crippen molar-refractivity contribution in [3.05, 3.63) is 95.5 Å². The van der Waals surface area contributed by atoms with Crippen molar-refractivity contribution in [3.8, 4) is 0 Å². The van der Waals surface area contributed by atoms with E-state index in [1.807, 2.05) is 0 Å². The third-order valence-corrected chi connectivity index (χ3v) is 7.29. The lowest BCUT2D eigenvalue weighted by Gasteiger charge is -2.39. The van der Waals surface area contributed by atoms with E-state index in [4.69, 9.17) is 0 Å². The summed E-state index contributed by atoms with van der Waals surface area (Å²) < 4.78 is 0. The first kappa shape index (κ1) is 25.2. The van der Waals surface area contributed by atoms with Crippen LogP contribution in [-0.2, 0) is 0 Å². The van der Waals surface area contributed by atoms with Crippen molar-refractivity contribution in [1.29, 1.82) is 0 Å². The molecule has 0 radical (unpaired) electrons. The number of hydrogen-bond acceptors (Lipinski definition) is 3. The van der Waals surface area contributed by atoms with Crippen molar-refractivity contribution in [2.24, 2.45) is 0 Å². The van der Waals surface area contributed by atoms with Crippen molar-refractivity contribution in [2.75, 3.05) is 9.62 Å². The van der Waals surface area contributed by atoms with Gasteiger partial charge in [-0.2, -0.15) is 0 Å². The molecular formula is C31H42BN3. The number of para-hydroxylation sites is 2. The second-order valence-corrected chi connectivity index (χ2v) is 11.2. The molecule has 0 unspecified atom stereocenters. The molecule has 0 saturated carbocycles. The molecule has 2 aliphatic rings. The lowest BCUT2D eigenvalue weighted by Crippen LogP contribution is -2.58. The maximum absolute atomic E-state index is 3.66. The molecule has 2 aromatic rings. The summed E-state index contributed by atoms with van der Waals surface area (Å²) in [5.74, 6) is 1.91. The lowest BCUT2D eigenvalue weighted by molar-refractivity contribution is 0.821. The fraction of sp³-hybridized carbons (Fsp3) is 0.419. The van der Waals surface area contributed by atoms with Crippen LogP contribution in [0.2, 0.25) is 0 Å². The van der Waals surface area contributed by atoms with Gasteiger partial charge in [-0.05, 0) is 58.2 Å². The molecule has 184 valence electrons. The Morgan fingerprint density at radius 3 is 1.34 bits per heavy atom. The van der Waals surface area contributed by atoms with Gasteiger partial charge < -0.3 is 14.9 Å². The number of allylic oxidation sites excluding steroid dienone is 2. The summed E-state index contributed by atoms with van der Waals surface area (Å²) in [6.45, 7) is 18.5. The normalized spacial score (nSPS) is 17.6. The summed E-state index contributed by atoms with van der Waals surface area (Å²) in [5, 5.41) is 3.66. The number of nitrogens with zero attached hydrogens (tertiary/aromatic N) is 2. The molecule has 0 fully saturated rings. The Bertz CT molecular complexity index is 1000. The van der Waals surface area contributed by atoms with Crippen molar-refractivity contribution in [3.63, 3.8) is 0 Å². The first-order chi connectivity index (χ1) is 16.7. The van der Waals surface area contributed by atoms with Crippen LogP contribution in [0.25, 0.3) is 0 Å². The SMILES string of the molecule is CC(C)c1cccc(C(C)C)c1N1C=CN(c2c(C(C)C)cccc2C(C)C)B1[C@@H]1C=CC=CN1. The van der Waals surface area contributed by atoms with Gasteiger partial charge in [0.05, 0.1) is 5.94 Å². The van der Waals surface area contributed by atoms with Crippen LogP contribution in [0, 0.1) is 0 Å². The van der Waals surface area contributed by atoms with Crippen LogP contribution in [0.4, 0.5) is 11.4 Å². The minimum absolute atomic E-state index is 0.0889. The van der Waals surface area contributed by atoms with Crippen LogP contribution in [0.5, 0.6) is 0 Å². The summed E-state index contributed by atoms with van der Waals surface area (Å²) in [7, 11) is 0. The van der Waals surface area contributed by atoms with E-state index in [-0.39, 0.29) is 12.9 Å². The summed E-state index contributed by atoms with van der Waals surface area (Å²) in [5.41, 5.74) is 8.35. The number of hydrogen-bond donors (Lipinski definition) is 1. The van der Waals surface area contributed by atoms with E-state index in [2.05, 4.69) is 144 Å². The van der Waals surface area contributed by atoms with Crippen molar-refractivity contribution in [2.45, 2.75) is 85.0 Å². The number of anilines is 2. The van der Waals surface area contributed by atoms with E-state index >= 15 is 0 Å². The van der Waals surface area contributed by atoms with E-state index in [1.54, 1.807) is 0 Å². The van der Waals surface area contributed by atoms with Gasteiger partial charge in [0.25, 0.3) is 0 Å². The molecule has 0 saturated heterocycles. The molecule has 3 nitrogen and oxygen atoms in total. The van der Waals surface area contributed by atoms with Gasteiger partial charge in [0, 0.05) is 23.8 Å². The van der Waals surface area contributed by atoms with Crippen molar-refractivity contribution >= 4 is 18.4 Å². The van der Waals surface area contributed by atoms with Crippen molar-refractivity contribution < 1.29 is 0 Å². The molecule has 1 atom stereocenters. The predicted molar refractivity (Wildman–Crippen MR) is 154 cm³/mol. The maximum atomic E-state index is 3.66. The zero-order valence-corrected chi connectivity index (χ0v) is 22.8. The van der Waals surface area contributed by atoms with Gasteiger partial charge in [-0.15, -0.1) is 0 Å². The molecule has 35 heavy (non-hydrogen) atoms. The zero-order valence-electron chi connectivity index (χ0n) is 22.8. The summed E-state index contributed by atoms with van der Waals surface area (Å²) in [6, 6.07) is 13.7. The van der Waals surface area contributed by atoms with Crippen LogP contribution in [0.15, 0.2) is 73.2 Å². The molecule has 1 N–H and O–H groups in total. The van der Waals surface area contributed by atoms with Gasteiger partial charge in [0.15, 0.2) is 0 Å². The highest BCUT2D eigenvalue weighted by atomic mass is 15.3. The van der Waals surface area contributed by atoms with E-state index in [0.717, 1.165) is 0 Å². The Morgan fingerprint density at radius 1 is 0.629 bits per heavy atom. The fourth-order valence-corrected chi connectivity index (χ4v) is 5.48. The van der Waals surface area contributed by atoms with E-state index in [1.165, 1.54) is 33.6 Å². The van der Waals surface area contributed by atoms with E-state index in [0.29, 0.717) is 23.7 Å². The second kappa shape index (κ2) is 10.4. The predicted octanol–water partition coefficient (Wildman–Crippen LogP) is 8.05. The number of benzene rings is 2.